The summed E-state index contributed by atoms with van der Waals surface area (Å²) in [6, 6.07) is 3.68. The van der Waals surface area contributed by atoms with Gasteiger partial charge in [-0.05, 0) is 38.7 Å². The largest absolute Gasteiger partial charge is 0.473 e. The molecule has 128 valence electrons. The fourth-order valence-corrected chi connectivity index (χ4v) is 5.47. The summed E-state index contributed by atoms with van der Waals surface area (Å²) >= 11 is 0. The lowest BCUT2D eigenvalue weighted by atomic mass is 10.0. The van der Waals surface area contributed by atoms with Crippen molar-refractivity contribution < 1.29 is 13.2 Å². The number of hydrogen-bond donors (Lipinski definition) is 0. The number of piperidine rings is 1. The maximum atomic E-state index is 12.7. The average molecular weight is 339 g/mol. The van der Waals surface area contributed by atoms with E-state index in [1.807, 2.05) is 19.1 Å². The molecule has 0 N–H and O–H groups in total. The minimum Gasteiger partial charge on any atom is -0.473 e. The third-order valence-electron chi connectivity index (χ3n) is 4.80. The van der Waals surface area contributed by atoms with E-state index in [0.717, 1.165) is 31.4 Å². The Hall–Kier alpha value is -1.21. The fraction of sp³-hybridized carbons (Fsp3) is 0.750. The first-order valence-electron chi connectivity index (χ1n) is 8.51. The second kappa shape index (κ2) is 7.13. The van der Waals surface area contributed by atoms with Crippen LogP contribution in [0.15, 0.2) is 12.1 Å². The minimum atomic E-state index is -3.14. The van der Waals surface area contributed by atoms with Gasteiger partial charge in [0.15, 0.2) is 0 Å². The molecule has 1 saturated carbocycles. The fourth-order valence-electron chi connectivity index (χ4n) is 3.40. The summed E-state index contributed by atoms with van der Waals surface area (Å²) in [5, 5.41) is 7.82. The Balaban J connectivity index is 1.54. The van der Waals surface area contributed by atoms with E-state index < -0.39 is 10.0 Å². The average Bonchev–Trinajstić information content (AvgIpc) is 2.58. The summed E-state index contributed by atoms with van der Waals surface area (Å²) in [7, 11) is -3.14. The molecule has 0 aromatic carbocycles. The summed E-state index contributed by atoms with van der Waals surface area (Å²) in [5.41, 5.74) is 0.853. The Morgan fingerprint density at radius 3 is 2.35 bits per heavy atom. The summed E-state index contributed by atoms with van der Waals surface area (Å²) in [4.78, 5) is 0. The Morgan fingerprint density at radius 1 is 1.04 bits per heavy atom. The van der Waals surface area contributed by atoms with Crippen LogP contribution in [-0.2, 0) is 10.0 Å². The van der Waals surface area contributed by atoms with E-state index in [1.165, 1.54) is 6.42 Å². The first-order chi connectivity index (χ1) is 11.1. The monoisotopic (exact) mass is 339 g/mol. The molecule has 1 saturated heterocycles. The van der Waals surface area contributed by atoms with Gasteiger partial charge in [0.2, 0.25) is 15.9 Å². The number of ether oxygens (including phenoxy) is 1. The first kappa shape index (κ1) is 16.6. The molecule has 0 radical (unpaired) electrons. The molecule has 23 heavy (non-hydrogen) atoms. The molecule has 0 amide bonds. The summed E-state index contributed by atoms with van der Waals surface area (Å²) in [6.45, 7) is 2.97. The van der Waals surface area contributed by atoms with Gasteiger partial charge in [-0.25, -0.2) is 12.7 Å². The molecule has 1 aromatic rings. The zero-order valence-electron chi connectivity index (χ0n) is 13.6. The van der Waals surface area contributed by atoms with Gasteiger partial charge in [-0.2, -0.15) is 5.10 Å². The minimum absolute atomic E-state index is 0.0183. The lowest BCUT2D eigenvalue weighted by molar-refractivity contribution is 0.128. The maximum absolute atomic E-state index is 12.7. The molecule has 3 rings (SSSR count). The van der Waals surface area contributed by atoms with Crippen molar-refractivity contribution in [3.63, 3.8) is 0 Å². The van der Waals surface area contributed by atoms with Crippen LogP contribution in [0.1, 0.15) is 50.6 Å². The molecule has 2 fully saturated rings. The van der Waals surface area contributed by atoms with Gasteiger partial charge >= 0.3 is 0 Å². The SMILES string of the molecule is Cc1ccc(OC2CCN(S(=O)(=O)C3CCCCC3)CC2)nn1. The topological polar surface area (TPSA) is 72.4 Å². The highest BCUT2D eigenvalue weighted by atomic mass is 32.2. The van der Waals surface area contributed by atoms with E-state index >= 15 is 0 Å². The first-order valence-corrected chi connectivity index (χ1v) is 10.0. The van der Waals surface area contributed by atoms with Crippen LogP contribution in [0, 0.1) is 6.92 Å². The molecule has 0 unspecified atom stereocenters. The molecule has 7 heteroatoms. The molecular formula is C16H25N3O3S. The normalized spacial score (nSPS) is 22.1. The molecule has 0 spiro atoms. The van der Waals surface area contributed by atoms with Crippen LogP contribution in [0.5, 0.6) is 5.88 Å². The number of hydrogen-bond acceptors (Lipinski definition) is 5. The van der Waals surface area contributed by atoms with Crippen LogP contribution in [-0.4, -0.2) is 47.4 Å². The zero-order chi connectivity index (χ0) is 16.3. The van der Waals surface area contributed by atoms with Crippen molar-refractivity contribution in [1.29, 1.82) is 0 Å². The van der Waals surface area contributed by atoms with E-state index in [1.54, 1.807) is 4.31 Å². The van der Waals surface area contributed by atoms with E-state index in [0.29, 0.717) is 31.8 Å². The molecule has 1 aromatic heterocycles. The predicted octanol–water partition coefficient (Wildman–Crippen LogP) is 2.29. The van der Waals surface area contributed by atoms with Crippen molar-refractivity contribution >= 4 is 10.0 Å². The molecule has 1 aliphatic heterocycles. The van der Waals surface area contributed by atoms with E-state index in [4.69, 9.17) is 4.74 Å². The Kier molecular flexibility index (Phi) is 5.16. The molecule has 1 aliphatic carbocycles. The van der Waals surface area contributed by atoms with E-state index in [2.05, 4.69) is 10.2 Å². The Morgan fingerprint density at radius 2 is 1.74 bits per heavy atom. The van der Waals surface area contributed by atoms with Gasteiger partial charge < -0.3 is 4.74 Å². The maximum Gasteiger partial charge on any atom is 0.233 e. The smallest absolute Gasteiger partial charge is 0.233 e. The highest BCUT2D eigenvalue weighted by molar-refractivity contribution is 7.89. The Bertz CT molecular complexity index is 604. The van der Waals surface area contributed by atoms with Crippen LogP contribution in [0.25, 0.3) is 0 Å². The molecule has 6 nitrogen and oxygen atoms in total. The molecule has 2 heterocycles. The van der Waals surface area contributed by atoms with E-state index in [-0.39, 0.29) is 11.4 Å². The zero-order valence-corrected chi connectivity index (χ0v) is 14.5. The van der Waals surface area contributed by atoms with Crippen LogP contribution in [0.3, 0.4) is 0 Å². The van der Waals surface area contributed by atoms with Crippen molar-refractivity contribution in [3.8, 4) is 5.88 Å². The third-order valence-corrected chi connectivity index (χ3v) is 7.19. The highest BCUT2D eigenvalue weighted by Crippen LogP contribution is 2.28. The van der Waals surface area contributed by atoms with Crippen LogP contribution in [0.4, 0.5) is 0 Å². The summed E-state index contributed by atoms with van der Waals surface area (Å²) < 4.78 is 32.9. The lowest BCUT2D eigenvalue weighted by Gasteiger charge is -2.34. The van der Waals surface area contributed by atoms with Gasteiger partial charge in [0, 0.05) is 19.2 Å². The second-order valence-electron chi connectivity index (χ2n) is 6.53. The quantitative estimate of drug-likeness (QED) is 0.841. The number of aromatic nitrogens is 2. The number of nitrogens with zero attached hydrogens (tertiary/aromatic N) is 3. The standard InChI is InChI=1S/C16H25N3O3S/c1-13-7-8-16(18-17-13)22-14-9-11-19(12-10-14)23(20,21)15-5-3-2-4-6-15/h7-8,14-15H,2-6,9-12H2,1H3. The lowest BCUT2D eigenvalue weighted by Crippen LogP contribution is -2.46. The molecule has 0 bridgehead atoms. The van der Waals surface area contributed by atoms with Crippen LogP contribution < -0.4 is 4.74 Å². The second-order valence-corrected chi connectivity index (χ2v) is 8.75. The van der Waals surface area contributed by atoms with Crippen molar-refractivity contribution in [2.75, 3.05) is 13.1 Å². The predicted molar refractivity (Wildman–Crippen MR) is 87.8 cm³/mol. The van der Waals surface area contributed by atoms with Gasteiger partial charge in [0.25, 0.3) is 0 Å². The van der Waals surface area contributed by atoms with E-state index in [9.17, 15) is 8.42 Å². The number of sulfonamides is 1. The Labute approximate surface area is 138 Å². The molecular weight excluding hydrogens is 314 g/mol. The van der Waals surface area contributed by atoms with Crippen molar-refractivity contribution in [2.45, 2.75) is 63.2 Å². The van der Waals surface area contributed by atoms with Gasteiger partial charge in [-0.15, -0.1) is 5.10 Å². The van der Waals surface area contributed by atoms with Gasteiger partial charge in [-0.1, -0.05) is 19.3 Å². The van der Waals surface area contributed by atoms with Gasteiger partial charge in [0.05, 0.1) is 10.9 Å². The summed E-state index contributed by atoms with van der Waals surface area (Å²) in [5.74, 6) is 0.518. The number of aryl methyl sites for hydroxylation is 1. The summed E-state index contributed by atoms with van der Waals surface area (Å²) in [6.07, 6.45) is 6.31. The van der Waals surface area contributed by atoms with Gasteiger partial charge in [-0.3, -0.25) is 0 Å². The highest BCUT2D eigenvalue weighted by Gasteiger charge is 2.35. The van der Waals surface area contributed by atoms with Crippen LogP contribution >= 0.6 is 0 Å². The number of rotatable bonds is 4. The van der Waals surface area contributed by atoms with Crippen LogP contribution in [0.2, 0.25) is 0 Å². The van der Waals surface area contributed by atoms with Crippen molar-refractivity contribution in [2.24, 2.45) is 0 Å². The molecule has 0 atom stereocenters. The van der Waals surface area contributed by atoms with Gasteiger partial charge in [0.1, 0.15) is 6.10 Å². The van der Waals surface area contributed by atoms with Crippen molar-refractivity contribution in [3.05, 3.63) is 17.8 Å². The van der Waals surface area contributed by atoms with Crippen molar-refractivity contribution in [1.82, 2.24) is 14.5 Å². The third kappa shape index (κ3) is 4.01. The molecule has 2 aliphatic rings.